The first kappa shape index (κ1) is 35.1. The summed E-state index contributed by atoms with van der Waals surface area (Å²) in [5.41, 5.74) is 0.931. The van der Waals surface area contributed by atoms with Gasteiger partial charge in [-0.15, -0.1) is 0 Å². The Labute approximate surface area is 269 Å². The van der Waals surface area contributed by atoms with Gasteiger partial charge in [-0.05, 0) is 67.6 Å². The van der Waals surface area contributed by atoms with Crippen LogP contribution in [0.25, 0.3) is 10.9 Å². The number of aromatic nitrogens is 1. The summed E-state index contributed by atoms with van der Waals surface area (Å²) < 4.78 is 34.2. The van der Waals surface area contributed by atoms with Crippen molar-refractivity contribution in [1.82, 2.24) is 20.9 Å². The average molecular weight is 651 g/mol. The van der Waals surface area contributed by atoms with Crippen LogP contribution in [0.1, 0.15) is 56.2 Å². The first-order valence-corrected chi connectivity index (χ1v) is 16.6. The van der Waals surface area contributed by atoms with Crippen LogP contribution in [0.5, 0.6) is 11.5 Å². The van der Waals surface area contributed by atoms with E-state index in [1.807, 2.05) is 0 Å². The molecule has 1 saturated heterocycles. The molecule has 0 unspecified atom stereocenters. The summed E-state index contributed by atoms with van der Waals surface area (Å²) in [5, 5.41) is 8.65. The van der Waals surface area contributed by atoms with Crippen LogP contribution < -0.4 is 25.4 Å². The fourth-order valence-electron chi connectivity index (χ4n) is 4.58. The van der Waals surface area contributed by atoms with Crippen molar-refractivity contribution in [2.24, 2.45) is 11.8 Å². The van der Waals surface area contributed by atoms with Crippen molar-refractivity contribution in [2.75, 3.05) is 33.1 Å². The van der Waals surface area contributed by atoms with E-state index < -0.39 is 52.5 Å². The molecular weight excluding hydrogens is 600 g/mol. The molecular formula is C32H50N4O8S. The van der Waals surface area contributed by atoms with Gasteiger partial charge in [-0.3, -0.25) is 19.2 Å². The highest BCUT2D eigenvalue weighted by Crippen LogP contribution is 2.26. The van der Waals surface area contributed by atoms with Gasteiger partial charge in [0.15, 0.2) is 15.6 Å². The maximum atomic E-state index is 13.1. The fourth-order valence-corrected chi connectivity index (χ4v) is 5.21. The van der Waals surface area contributed by atoms with E-state index in [0.717, 1.165) is 18.6 Å². The van der Waals surface area contributed by atoms with Crippen molar-refractivity contribution in [1.29, 1.82) is 0 Å². The van der Waals surface area contributed by atoms with Crippen LogP contribution in [0.15, 0.2) is 53.4 Å². The Morgan fingerprint density at radius 3 is 2.40 bits per heavy atom. The summed E-state index contributed by atoms with van der Waals surface area (Å²) >= 11 is 0. The van der Waals surface area contributed by atoms with Crippen LogP contribution in [0, 0.1) is 11.8 Å². The number of ether oxygens (including phenoxy) is 2. The van der Waals surface area contributed by atoms with Gasteiger partial charge in [0.05, 0.1) is 24.6 Å². The van der Waals surface area contributed by atoms with E-state index in [2.05, 4.69) is 41.7 Å². The second-order valence-corrected chi connectivity index (χ2v) is 13.5. The van der Waals surface area contributed by atoms with Gasteiger partial charge in [0.2, 0.25) is 11.8 Å². The van der Waals surface area contributed by atoms with Crippen LogP contribution in [0.3, 0.4) is 0 Å². The number of hydrogen-bond acceptors (Lipinski definition) is 8. The van der Waals surface area contributed by atoms with Gasteiger partial charge < -0.3 is 30.4 Å². The SMILES string of the molecule is CC(C)C.COc1cccc2[nH]c(C(=O)NCC(=O)N[C@@H](C[C@@H]3CCCNC3=O)C(=O)COc3ccc(S(C)(=O)=O)cc3)cc12.[HH].[HH].[HH].[HH]. The van der Waals surface area contributed by atoms with Crippen molar-refractivity contribution in [3.05, 3.63) is 54.2 Å². The number of fused-ring (bicyclic) bond motifs is 1. The molecule has 252 valence electrons. The number of methoxy groups -OCH3 is 1. The first-order valence-electron chi connectivity index (χ1n) is 14.7. The predicted octanol–water partition coefficient (Wildman–Crippen LogP) is 4.01. The molecule has 1 aliphatic heterocycles. The van der Waals surface area contributed by atoms with E-state index in [1.165, 1.54) is 31.4 Å². The van der Waals surface area contributed by atoms with E-state index in [4.69, 9.17) is 9.47 Å². The largest absolute Gasteiger partial charge is 0.496 e. The monoisotopic (exact) mass is 650 g/mol. The zero-order valence-corrected chi connectivity index (χ0v) is 27.1. The van der Waals surface area contributed by atoms with Crippen molar-refractivity contribution < 1.29 is 42.8 Å². The molecule has 2 heterocycles. The van der Waals surface area contributed by atoms with Gasteiger partial charge in [-0.1, -0.05) is 26.8 Å². The summed E-state index contributed by atoms with van der Waals surface area (Å²) in [4.78, 5) is 54.0. The minimum absolute atomic E-state index is 0. The Morgan fingerprint density at radius 2 is 1.78 bits per heavy atom. The lowest BCUT2D eigenvalue weighted by Gasteiger charge is -2.26. The molecule has 0 spiro atoms. The second kappa shape index (κ2) is 16.1. The number of sulfone groups is 1. The topological polar surface area (TPSA) is 173 Å². The molecule has 3 amide bonds. The zero-order valence-electron chi connectivity index (χ0n) is 26.3. The third kappa shape index (κ3) is 10.6. The third-order valence-corrected chi connectivity index (χ3v) is 7.90. The number of hydrogen-bond donors (Lipinski definition) is 4. The molecule has 2 atom stereocenters. The van der Waals surface area contributed by atoms with E-state index in [9.17, 15) is 27.6 Å². The van der Waals surface area contributed by atoms with Gasteiger partial charge >= 0.3 is 0 Å². The van der Waals surface area contributed by atoms with E-state index >= 15 is 0 Å². The Bertz CT molecular complexity index is 1620. The van der Waals surface area contributed by atoms with Crippen molar-refractivity contribution >= 4 is 44.2 Å². The van der Waals surface area contributed by atoms with E-state index in [-0.39, 0.29) is 34.4 Å². The Morgan fingerprint density at radius 1 is 1.09 bits per heavy atom. The molecule has 3 aromatic rings. The smallest absolute Gasteiger partial charge is 0.268 e. The van der Waals surface area contributed by atoms with Crippen LogP contribution in [0.4, 0.5) is 0 Å². The molecule has 4 N–H and O–H groups in total. The molecule has 0 radical (unpaired) electrons. The number of H-pyrrole nitrogens is 1. The van der Waals surface area contributed by atoms with Crippen LogP contribution in [-0.4, -0.2) is 76.0 Å². The zero-order chi connectivity index (χ0) is 33.1. The number of benzene rings is 2. The maximum absolute atomic E-state index is 13.1. The quantitative estimate of drug-likeness (QED) is 0.228. The van der Waals surface area contributed by atoms with Gasteiger partial charge in [0.1, 0.15) is 23.8 Å². The molecule has 0 saturated carbocycles. The molecule has 45 heavy (non-hydrogen) atoms. The number of Topliss-reactive ketones (excluding diaryl/α,β-unsaturated/α-hetero) is 1. The van der Waals surface area contributed by atoms with Gasteiger partial charge in [0, 0.05) is 35.3 Å². The molecule has 2 aromatic carbocycles. The van der Waals surface area contributed by atoms with Gasteiger partial charge in [0.25, 0.3) is 5.91 Å². The predicted molar refractivity (Wildman–Crippen MR) is 178 cm³/mol. The fraction of sp³-hybridized carbons (Fsp3) is 0.438. The second-order valence-electron chi connectivity index (χ2n) is 11.5. The lowest BCUT2D eigenvalue weighted by atomic mass is 9.90. The normalized spacial score (nSPS) is 15.3. The lowest BCUT2D eigenvalue weighted by Crippen LogP contribution is -2.49. The lowest BCUT2D eigenvalue weighted by molar-refractivity contribution is -0.131. The minimum Gasteiger partial charge on any atom is -0.496 e. The third-order valence-electron chi connectivity index (χ3n) is 6.77. The molecule has 4 rings (SSSR count). The molecule has 1 fully saturated rings. The van der Waals surface area contributed by atoms with Crippen molar-refractivity contribution in [2.45, 2.75) is 51.0 Å². The maximum Gasteiger partial charge on any atom is 0.268 e. The number of aromatic amines is 1. The number of carbonyl (C=O) groups excluding carboxylic acids is 4. The molecule has 1 aliphatic rings. The molecule has 1 aromatic heterocycles. The first-order chi connectivity index (χ1) is 21.3. The van der Waals surface area contributed by atoms with Crippen molar-refractivity contribution in [3.8, 4) is 11.5 Å². The number of carbonyl (C=O) groups is 4. The number of amides is 3. The summed E-state index contributed by atoms with van der Waals surface area (Å²) in [6, 6.07) is 11.5. The highest BCUT2D eigenvalue weighted by Gasteiger charge is 2.30. The Hall–Kier alpha value is -4.39. The van der Waals surface area contributed by atoms with Crippen LogP contribution in [0.2, 0.25) is 0 Å². The van der Waals surface area contributed by atoms with Gasteiger partial charge in [-0.25, -0.2) is 8.42 Å². The summed E-state index contributed by atoms with van der Waals surface area (Å²) in [7, 11) is -1.86. The van der Waals surface area contributed by atoms with Crippen molar-refractivity contribution in [3.63, 3.8) is 0 Å². The minimum atomic E-state index is -3.38. The summed E-state index contributed by atoms with van der Waals surface area (Å²) in [6.07, 6.45) is 2.48. The number of nitrogens with one attached hydrogen (secondary N) is 4. The molecule has 13 heteroatoms. The Kier molecular flexibility index (Phi) is 12.5. The molecule has 0 bridgehead atoms. The van der Waals surface area contributed by atoms with Gasteiger partial charge in [-0.2, -0.15) is 0 Å². The highest BCUT2D eigenvalue weighted by atomic mass is 32.2. The number of ketones is 1. The molecule has 12 nitrogen and oxygen atoms in total. The summed E-state index contributed by atoms with van der Waals surface area (Å²) in [5.74, 6) is -0.567. The van der Waals surface area contributed by atoms with E-state index in [1.54, 1.807) is 24.3 Å². The number of rotatable bonds is 12. The highest BCUT2D eigenvalue weighted by molar-refractivity contribution is 7.90. The van der Waals surface area contributed by atoms with Crippen LogP contribution >= 0.6 is 0 Å². The standard InChI is InChI=1S/C28H32N4O8S.C4H10.4H2/c1-39-25-7-3-6-21-20(25)14-23(31-21)28(36)30-15-26(34)32-22(13-17-5-4-12-29-27(17)35)24(33)16-40-18-8-10-19(11-9-18)41(2,37)38;1-4(2)3;;;;/h3,6-11,14,17,22,31H,4-5,12-13,15-16H2,1-2H3,(H,29,35)(H,30,36)(H,32,34);4H,1-3H3;4*1H/t17-,22-;;;;;/m0...../s1. The molecule has 0 aliphatic carbocycles. The Balaban J connectivity index is 0. The van der Waals surface area contributed by atoms with E-state index in [0.29, 0.717) is 29.6 Å². The average Bonchev–Trinajstić information content (AvgIpc) is 3.44. The number of piperidine rings is 1. The van der Waals surface area contributed by atoms with Crippen LogP contribution in [-0.2, 0) is 24.2 Å². The summed E-state index contributed by atoms with van der Waals surface area (Å²) in [6.45, 7) is 6.24.